The fraction of sp³-hybridized carbons (Fsp3) is 0.462. The summed E-state index contributed by atoms with van der Waals surface area (Å²) in [6.07, 6.45) is -2.59. The molecular weight excluding hydrogens is 450 g/mol. The number of aldehydes is 1. The summed E-state index contributed by atoms with van der Waals surface area (Å²) >= 11 is 0. The zero-order valence-corrected chi connectivity index (χ0v) is 19.3. The summed E-state index contributed by atoms with van der Waals surface area (Å²) in [7, 11) is 0. The minimum atomic E-state index is -4.59. The van der Waals surface area contributed by atoms with Crippen molar-refractivity contribution in [3.05, 3.63) is 70.8 Å². The molecule has 1 aliphatic carbocycles. The Balaban J connectivity index is 1.84. The minimum Gasteiger partial charge on any atom is -0.373 e. The molecule has 2 aromatic carbocycles. The average molecular weight is 480 g/mol. The molecule has 0 aromatic heterocycles. The van der Waals surface area contributed by atoms with Crippen LogP contribution < -0.4 is 5.32 Å². The van der Waals surface area contributed by atoms with E-state index in [1.807, 2.05) is 30.3 Å². The Morgan fingerprint density at radius 1 is 1.12 bits per heavy atom. The monoisotopic (exact) mass is 479 g/mol. The van der Waals surface area contributed by atoms with Gasteiger partial charge in [-0.2, -0.15) is 13.2 Å². The third kappa shape index (κ3) is 5.84. The fourth-order valence-electron chi connectivity index (χ4n) is 4.68. The Morgan fingerprint density at radius 3 is 2.29 bits per heavy atom. The Hall–Kier alpha value is -2.74. The number of amides is 1. The van der Waals surface area contributed by atoms with E-state index in [4.69, 9.17) is 4.74 Å². The normalized spacial score (nSPS) is 23.8. The molecule has 1 saturated carbocycles. The van der Waals surface area contributed by atoms with Crippen molar-refractivity contribution in [1.82, 2.24) is 5.32 Å². The van der Waals surface area contributed by atoms with Crippen LogP contribution in [0.2, 0.25) is 0 Å². The van der Waals surface area contributed by atoms with Gasteiger partial charge in [-0.25, -0.2) is 4.39 Å². The van der Waals surface area contributed by atoms with Crippen LogP contribution in [0.5, 0.6) is 0 Å². The SMILES string of the molecule is CC(=O)NC1(C=O)CCC(COC(C)c2cc(CF)cc(C(F)(F)F)c2)(c2ccccc2)CC1. The lowest BCUT2D eigenvalue weighted by atomic mass is 9.64. The fourth-order valence-corrected chi connectivity index (χ4v) is 4.68. The quantitative estimate of drug-likeness (QED) is 0.382. The Morgan fingerprint density at radius 2 is 1.76 bits per heavy atom. The molecule has 0 aliphatic heterocycles. The number of nitrogens with one attached hydrogen (secondary N) is 1. The summed E-state index contributed by atoms with van der Waals surface area (Å²) in [6.45, 7) is 2.21. The maximum Gasteiger partial charge on any atom is 0.416 e. The molecule has 1 amide bonds. The molecule has 4 nitrogen and oxygen atoms in total. The van der Waals surface area contributed by atoms with Crippen LogP contribution in [-0.4, -0.2) is 24.3 Å². The summed E-state index contributed by atoms with van der Waals surface area (Å²) in [5.41, 5.74) is -1.13. The molecule has 0 radical (unpaired) electrons. The number of hydrogen-bond donors (Lipinski definition) is 1. The highest BCUT2D eigenvalue weighted by Gasteiger charge is 2.44. The summed E-state index contributed by atoms with van der Waals surface area (Å²) < 4.78 is 59.2. The molecule has 1 aliphatic rings. The first kappa shape index (κ1) is 25.9. The molecule has 3 rings (SSSR count). The van der Waals surface area contributed by atoms with Crippen LogP contribution in [0, 0.1) is 0 Å². The summed E-state index contributed by atoms with van der Waals surface area (Å²) in [4.78, 5) is 23.4. The molecule has 0 saturated heterocycles. The summed E-state index contributed by atoms with van der Waals surface area (Å²) in [5, 5.41) is 2.77. The molecule has 8 heteroatoms. The third-order valence-corrected chi connectivity index (χ3v) is 6.71. The minimum absolute atomic E-state index is 0.0539. The first-order valence-electron chi connectivity index (χ1n) is 11.2. The maximum absolute atomic E-state index is 13.3. The van der Waals surface area contributed by atoms with Crippen molar-refractivity contribution in [3.63, 3.8) is 0 Å². The smallest absolute Gasteiger partial charge is 0.373 e. The number of alkyl halides is 4. The number of rotatable bonds is 8. The van der Waals surface area contributed by atoms with Crippen LogP contribution in [0.1, 0.15) is 67.9 Å². The van der Waals surface area contributed by atoms with Gasteiger partial charge >= 0.3 is 6.18 Å². The van der Waals surface area contributed by atoms with Gasteiger partial charge in [0.25, 0.3) is 0 Å². The Kier molecular flexibility index (Phi) is 7.81. The van der Waals surface area contributed by atoms with Crippen LogP contribution in [0.15, 0.2) is 48.5 Å². The molecule has 0 heterocycles. The van der Waals surface area contributed by atoms with Gasteiger partial charge < -0.3 is 14.8 Å². The largest absolute Gasteiger partial charge is 0.416 e. The number of halogens is 4. The lowest BCUT2D eigenvalue weighted by Crippen LogP contribution is -2.54. The van der Waals surface area contributed by atoms with Crippen LogP contribution in [-0.2, 0) is 32.6 Å². The van der Waals surface area contributed by atoms with E-state index in [1.165, 1.54) is 13.0 Å². The van der Waals surface area contributed by atoms with E-state index >= 15 is 0 Å². The van der Waals surface area contributed by atoms with Crippen LogP contribution in [0.25, 0.3) is 0 Å². The highest BCUT2D eigenvalue weighted by molar-refractivity contribution is 5.80. The van der Waals surface area contributed by atoms with Gasteiger partial charge in [-0.15, -0.1) is 0 Å². The first-order chi connectivity index (χ1) is 16.0. The van der Waals surface area contributed by atoms with Crippen LogP contribution in [0.4, 0.5) is 17.6 Å². The van der Waals surface area contributed by atoms with Gasteiger partial charge in [0.1, 0.15) is 13.0 Å². The van der Waals surface area contributed by atoms with Crippen LogP contribution in [0.3, 0.4) is 0 Å². The van der Waals surface area contributed by atoms with Gasteiger partial charge in [0.15, 0.2) is 0 Å². The first-order valence-corrected chi connectivity index (χ1v) is 11.2. The van der Waals surface area contributed by atoms with Crippen molar-refractivity contribution < 1.29 is 31.9 Å². The summed E-state index contributed by atoms with van der Waals surface area (Å²) in [5.74, 6) is -0.280. The van der Waals surface area contributed by atoms with E-state index in [-0.39, 0.29) is 23.6 Å². The Bertz CT molecular complexity index is 999. The molecule has 1 unspecified atom stereocenters. The van der Waals surface area contributed by atoms with Gasteiger partial charge in [-0.3, -0.25) is 4.79 Å². The van der Waals surface area contributed by atoms with Crippen molar-refractivity contribution >= 4 is 12.2 Å². The topological polar surface area (TPSA) is 55.4 Å². The molecule has 34 heavy (non-hydrogen) atoms. The zero-order chi connectivity index (χ0) is 25.0. The van der Waals surface area contributed by atoms with Crippen LogP contribution >= 0.6 is 0 Å². The number of carbonyl (C=O) groups is 2. The van der Waals surface area contributed by atoms with E-state index in [0.29, 0.717) is 25.7 Å². The maximum atomic E-state index is 13.3. The molecule has 1 fully saturated rings. The number of ether oxygens (including phenoxy) is 1. The molecule has 1 atom stereocenters. The second kappa shape index (κ2) is 10.3. The zero-order valence-electron chi connectivity index (χ0n) is 19.3. The number of hydrogen-bond acceptors (Lipinski definition) is 3. The van der Waals surface area contributed by atoms with Crippen molar-refractivity contribution in [3.8, 4) is 0 Å². The predicted octanol–water partition coefficient (Wildman–Crippen LogP) is 5.84. The molecule has 184 valence electrons. The standard InChI is InChI=1S/C26H29F4NO3/c1-18(21-12-20(15-27)13-23(14-21)26(28,29)30)34-17-24(22-6-4-3-5-7-22)8-10-25(16-32,11-9-24)31-19(2)33/h3-7,12-14,16,18H,8-11,15,17H2,1-2H3,(H,31,33). The van der Waals surface area contributed by atoms with Gasteiger partial charge in [-0.1, -0.05) is 36.4 Å². The number of carbonyl (C=O) groups excluding carboxylic acids is 2. The second-order valence-electron chi connectivity index (χ2n) is 9.15. The van der Waals surface area contributed by atoms with E-state index in [1.54, 1.807) is 6.92 Å². The van der Waals surface area contributed by atoms with E-state index in [0.717, 1.165) is 24.0 Å². The molecule has 1 N–H and O–H groups in total. The second-order valence-corrected chi connectivity index (χ2v) is 9.15. The van der Waals surface area contributed by atoms with Crippen molar-refractivity contribution in [2.75, 3.05) is 6.61 Å². The lowest BCUT2D eigenvalue weighted by Gasteiger charge is -2.45. The molecule has 2 aromatic rings. The van der Waals surface area contributed by atoms with Gasteiger partial charge in [0.05, 0.1) is 23.8 Å². The van der Waals surface area contributed by atoms with E-state index < -0.39 is 35.5 Å². The van der Waals surface area contributed by atoms with Gasteiger partial charge in [-0.05, 0) is 61.4 Å². The van der Waals surface area contributed by atoms with Crippen molar-refractivity contribution in [1.29, 1.82) is 0 Å². The van der Waals surface area contributed by atoms with Gasteiger partial charge in [0, 0.05) is 12.3 Å². The molecule has 0 bridgehead atoms. The Labute approximate surface area is 196 Å². The van der Waals surface area contributed by atoms with E-state index in [9.17, 15) is 27.2 Å². The highest BCUT2D eigenvalue weighted by Crippen LogP contribution is 2.44. The summed E-state index contributed by atoms with van der Waals surface area (Å²) in [6, 6.07) is 12.8. The van der Waals surface area contributed by atoms with E-state index in [2.05, 4.69) is 5.32 Å². The molecule has 0 spiro atoms. The van der Waals surface area contributed by atoms with Crippen molar-refractivity contribution in [2.45, 2.75) is 69.4 Å². The third-order valence-electron chi connectivity index (χ3n) is 6.71. The molecular formula is C26H29F4NO3. The van der Waals surface area contributed by atoms with Crippen molar-refractivity contribution in [2.24, 2.45) is 0 Å². The number of benzene rings is 2. The van der Waals surface area contributed by atoms with Gasteiger partial charge in [0.2, 0.25) is 5.91 Å². The highest BCUT2D eigenvalue weighted by atomic mass is 19.4. The average Bonchev–Trinajstić information content (AvgIpc) is 2.83. The predicted molar refractivity (Wildman–Crippen MR) is 120 cm³/mol. The lowest BCUT2D eigenvalue weighted by molar-refractivity contribution is -0.137.